The summed E-state index contributed by atoms with van der Waals surface area (Å²) in [6, 6.07) is 3.11. The van der Waals surface area contributed by atoms with E-state index in [1.165, 1.54) is 21.3 Å². The molecule has 2 N–H and O–H groups in total. The zero-order chi connectivity index (χ0) is 19.1. The van der Waals surface area contributed by atoms with Crippen molar-refractivity contribution >= 4 is 17.8 Å². The van der Waals surface area contributed by atoms with Crippen LogP contribution in [0, 0.1) is 0 Å². The van der Waals surface area contributed by atoms with Gasteiger partial charge in [0, 0.05) is 19.5 Å². The minimum absolute atomic E-state index is 0.0200. The van der Waals surface area contributed by atoms with Crippen molar-refractivity contribution in [3.8, 4) is 17.2 Å². The molecule has 142 valence electrons. The molecule has 4 amide bonds. The highest BCUT2D eigenvalue weighted by Gasteiger charge is 2.27. The number of nitrogens with zero attached hydrogens (tertiary/aromatic N) is 1. The minimum atomic E-state index is -0.409. The van der Waals surface area contributed by atoms with E-state index in [-0.39, 0.29) is 31.3 Å². The molecule has 0 aromatic heterocycles. The molecule has 0 radical (unpaired) electrons. The number of imide groups is 1. The van der Waals surface area contributed by atoms with Gasteiger partial charge in [-0.3, -0.25) is 14.5 Å². The van der Waals surface area contributed by atoms with Crippen LogP contribution >= 0.6 is 0 Å². The summed E-state index contributed by atoms with van der Waals surface area (Å²) in [5, 5.41) is 5.23. The van der Waals surface area contributed by atoms with Crippen LogP contribution in [0.5, 0.6) is 17.2 Å². The number of methoxy groups -OCH3 is 3. The number of carbonyl (C=O) groups excluding carboxylic acids is 3. The van der Waals surface area contributed by atoms with Crippen LogP contribution in [0.1, 0.15) is 18.4 Å². The topological polar surface area (TPSA) is 106 Å². The lowest BCUT2D eigenvalue weighted by Crippen LogP contribution is -2.32. The first-order valence-corrected chi connectivity index (χ1v) is 8.14. The lowest BCUT2D eigenvalue weighted by Gasteiger charge is -2.15. The van der Waals surface area contributed by atoms with Gasteiger partial charge in [0.1, 0.15) is 0 Å². The zero-order valence-electron chi connectivity index (χ0n) is 15.1. The molecule has 9 heteroatoms. The number of rotatable bonds is 9. The Labute approximate surface area is 151 Å². The van der Waals surface area contributed by atoms with E-state index in [0.717, 1.165) is 10.5 Å². The molecule has 0 spiro atoms. The van der Waals surface area contributed by atoms with Crippen LogP contribution in [-0.4, -0.2) is 57.2 Å². The number of ether oxygens (including phenoxy) is 3. The summed E-state index contributed by atoms with van der Waals surface area (Å²) >= 11 is 0. The molecule has 1 aliphatic rings. The normalized spacial score (nSPS) is 13.4. The van der Waals surface area contributed by atoms with Crippen molar-refractivity contribution in [2.45, 2.75) is 19.4 Å². The molecule has 1 aromatic rings. The fraction of sp³-hybridized carbons (Fsp3) is 0.471. The van der Waals surface area contributed by atoms with E-state index in [9.17, 15) is 14.4 Å². The summed E-state index contributed by atoms with van der Waals surface area (Å²) in [4.78, 5) is 36.0. The third kappa shape index (κ3) is 4.56. The van der Waals surface area contributed by atoms with Crippen LogP contribution < -0.4 is 24.8 Å². The summed E-state index contributed by atoms with van der Waals surface area (Å²) < 4.78 is 15.8. The van der Waals surface area contributed by atoms with Crippen LogP contribution in [0.4, 0.5) is 4.79 Å². The van der Waals surface area contributed by atoms with E-state index in [1.807, 2.05) is 0 Å². The van der Waals surface area contributed by atoms with Gasteiger partial charge in [0.2, 0.25) is 17.6 Å². The average molecular weight is 365 g/mol. The highest BCUT2D eigenvalue weighted by Crippen LogP contribution is 2.38. The van der Waals surface area contributed by atoms with Crippen LogP contribution in [0.15, 0.2) is 12.1 Å². The number of urea groups is 1. The maximum atomic E-state index is 12.0. The van der Waals surface area contributed by atoms with Crippen LogP contribution in [0.3, 0.4) is 0 Å². The highest BCUT2D eigenvalue weighted by molar-refractivity contribution is 6.01. The van der Waals surface area contributed by atoms with Gasteiger partial charge in [-0.2, -0.15) is 0 Å². The molecular formula is C17H23N3O6. The van der Waals surface area contributed by atoms with Crippen molar-refractivity contribution in [3.05, 3.63) is 17.7 Å². The molecule has 1 heterocycles. The van der Waals surface area contributed by atoms with Gasteiger partial charge in [-0.15, -0.1) is 0 Å². The van der Waals surface area contributed by atoms with Crippen LogP contribution in [0.2, 0.25) is 0 Å². The predicted octanol–water partition coefficient (Wildman–Crippen LogP) is 0.661. The van der Waals surface area contributed by atoms with Crippen molar-refractivity contribution in [2.75, 3.05) is 34.4 Å². The fourth-order valence-electron chi connectivity index (χ4n) is 2.61. The van der Waals surface area contributed by atoms with Crippen molar-refractivity contribution in [2.24, 2.45) is 0 Å². The summed E-state index contributed by atoms with van der Waals surface area (Å²) in [7, 11) is 4.57. The summed E-state index contributed by atoms with van der Waals surface area (Å²) in [6.07, 6.45) is 0.613. The van der Waals surface area contributed by atoms with Crippen molar-refractivity contribution < 1.29 is 28.6 Å². The molecule has 1 fully saturated rings. The number of nitrogens with one attached hydrogen (secondary N) is 2. The molecule has 0 bridgehead atoms. The Morgan fingerprint density at radius 1 is 1.15 bits per heavy atom. The van der Waals surface area contributed by atoms with Gasteiger partial charge in [-0.25, -0.2) is 4.79 Å². The SMILES string of the molecule is COc1cc(CNC(=O)CCCN2C(=O)CNC2=O)cc(OC)c1OC. The van der Waals surface area contributed by atoms with E-state index in [4.69, 9.17) is 14.2 Å². The quantitative estimate of drug-likeness (QED) is 0.623. The Morgan fingerprint density at radius 3 is 2.31 bits per heavy atom. The van der Waals surface area contributed by atoms with E-state index in [0.29, 0.717) is 30.2 Å². The Morgan fingerprint density at radius 2 is 1.81 bits per heavy atom. The monoisotopic (exact) mass is 365 g/mol. The molecule has 1 aliphatic heterocycles. The van der Waals surface area contributed by atoms with Crippen molar-refractivity contribution in [1.82, 2.24) is 15.5 Å². The van der Waals surface area contributed by atoms with Gasteiger partial charge in [0.25, 0.3) is 0 Å². The van der Waals surface area contributed by atoms with E-state index in [1.54, 1.807) is 12.1 Å². The Bertz CT molecular complexity index is 650. The van der Waals surface area contributed by atoms with Crippen LogP contribution in [-0.2, 0) is 16.1 Å². The number of carbonyl (C=O) groups is 3. The second-order valence-corrected chi connectivity index (χ2v) is 5.62. The molecule has 26 heavy (non-hydrogen) atoms. The van der Waals surface area contributed by atoms with E-state index in [2.05, 4.69) is 10.6 Å². The average Bonchev–Trinajstić information content (AvgIpc) is 2.97. The predicted molar refractivity (Wildman–Crippen MR) is 92.3 cm³/mol. The number of hydrogen-bond donors (Lipinski definition) is 2. The fourth-order valence-corrected chi connectivity index (χ4v) is 2.61. The summed E-state index contributed by atoms with van der Waals surface area (Å²) in [5.41, 5.74) is 0.793. The summed E-state index contributed by atoms with van der Waals surface area (Å²) in [5.74, 6) is 1.06. The van der Waals surface area contributed by atoms with E-state index >= 15 is 0 Å². The first-order chi connectivity index (χ1) is 12.5. The number of hydrogen-bond acceptors (Lipinski definition) is 6. The molecule has 2 rings (SSSR count). The molecule has 1 saturated heterocycles. The Balaban J connectivity index is 1.85. The van der Waals surface area contributed by atoms with Crippen molar-refractivity contribution in [1.29, 1.82) is 0 Å². The van der Waals surface area contributed by atoms with Crippen LogP contribution in [0.25, 0.3) is 0 Å². The smallest absolute Gasteiger partial charge is 0.324 e. The van der Waals surface area contributed by atoms with Gasteiger partial charge in [-0.1, -0.05) is 0 Å². The first-order valence-electron chi connectivity index (χ1n) is 8.14. The van der Waals surface area contributed by atoms with E-state index < -0.39 is 6.03 Å². The maximum Gasteiger partial charge on any atom is 0.324 e. The molecule has 9 nitrogen and oxygen atoms in total. The third-order valence-electron chi connectivity index (χ3n) is 3.94. The lowest BCUT2D eigenvalue weighted by atomic mass is 10.1. The Kier molecular flexibility index (Phi) is 6.65. The molecule has 0 aliphatic carbocycles. The standard InChI is InChI=1S/C17H23N3O6/c1-24-12-7-11(8-13(25-2)16(12)26-3)9-18-14(21)5-4-6-20-15(22)10-19-17(20)23/h7-8H,4-6,9-10H2,1-3H3,(H,18,21)(H,19,23). The van der Waals surface area contributed by atoms with Gasteiger partial charge in [0.05, 0.1) is 27.9 Å². The molecule has 0 atom stereocenters. The van der Waals surface area contributed by atoms with Gasteiger partial charge >= 0.3 is 6.03 Å². The summed E-state index contributed by atoms with van der Waals surface area (Å²) in [6.45, 7) is 0.535. The van der Waals surface area contributed by atoms with Gasteiger partial charge in [0.15, 0.2) is 11.5 Å². The Hall–Kier alpha value is -2.97. The lowest BCUT2D eigenvalue weighted by molar-refractivity contribution is -0.126. The number of benzene rings is 1. The molecule has 0 saturated carbocycles. The highest BCUT2D eigenvalue weighted by atomic mass is 16.5. The van der Waals surface area contributed by atoms with Gasteiger partial charge in [-0.05, 0) is 24.1 Å². The molecule has 0 unspecified atom stereocenters. The van der Waals surface area contributed by atoms with Crippen molar-refractivity contribution in [3.63, 3.8) is 0 Å². The largest absolute Gasteiger partial charge is 0.493 e. The third-order valence-corrected chi connectivity index (χ3v) is 3.94. The molecular weight excluding hydrogens is 342 g/mol. The number of amides is 4. The maximum absolute atomic E-state index is 12.0. The first kappa shape index (κ1) is 19.4. The second-order valence-electron chi connectivity index (χ2n) is 5.62. The van der Waals surface area contributed by atoms with Gasteiger partial charge < -0.3 is 24.8 Å². The minimum Gasteiger partial charge on any atom is -0.493 e. The molecule has 1 aromatic carbocycles. The second kappa shape index (κ2) is 8.93. The zero-order valence-corrected chi connectivity index (χ0v) is 15.1.